The van der Waals surface area contributed by atoms with E-state index in [9.17, 15) is 0 Å². The van der Waals surface area contributed by atoms with Crippen LogP contribution in [0.1, 0.15) is 11.9 Å². The van der Waals surface area contributed by atoms with Crippen molar-refractivity contribution in [1.29, 1.82) is 0 Å². The maximum absolute atomic E-state index is 8.80. The maximum atomic E-state index is 8.80. The summed E-state index contributed by atoms with van der Waals surface area (Å²) < 4.78 is 7.15. The zero-order valence-electron chi connectivity index (χ0n) is 8.12. The second-order valence-corrected chi connectivity index (χ2v) is 3.78. The summed E-state index contributed by atoms with van der Waals surface area (Å²) in [6, 6.07) is 0. The summed E-state index contributed by atoms with van der Waals surface area (Å²) in [4.78, 5) is 0. The molecule has 2 aromatic rings. The van der Waals surface area contributed by atoms with E-state index in [-0.39, 0.29) is 6.61 Å². The van der Waals surface area contributed by atoms with Crippen molar-refractivity contribution < 1.29 is 9.84 Å². The summed E-state index contributed by atoms with van der Waals surface area (Å²) in [5.41, 5.74) is 0. The lowest BCUT2D eigenvalue weighted by Crippen LogP contribution is -1.92. The Balaban J connectivity index is 2.07. The number of ether oxygens (including phenoxy) is 1. The Morgan fingerprint density at radius 1 is 1.53 bits per heavy atom. The SMILES string of the molecule is CCn1cc(Oc2nnc(CO)s2)cn1. The first kappa shape index (κ1) is 10.1. The van der Waals surface area contributed by atoms with Gasteiger partial charge >= 0.3 is 0 Å². The topological polar surface area (TPSA) is 73.1 Å². The average molecular weight is 226 g/mol. The van der Waals surface area contributed by atoms with E-state index >= 15 is 0 Å². The second-order valence-electron chi connectivity index (χ2n) is 2.75. The van der Waals surface area contributed by atoms with Crippen molar-refractivity contribution in [1.82, 2.24) is 20.0 Å². The molecule has 0 saturated carbocycles. The van der Waals surface area contributed by atoms with E-state index in [1.807, 2.05) is 6.92 Å². The third-order valence-corrected chi connectivity index (χ3v) is 2.51. The molecule has 0 radical (unpaired) electrons. The summed E-state index contributed by atoms with van der Waals surface area (Å²) in [6.45, 7) is 2.67. The number of aliphatic hydroxyl groups is 1. The van der Waals surface area contributed by atoms with Crippen LogP contribution in [-0.4, -0.2) is 25.1 Å². The van der Waals surface area contributed by atoms with Crippen molar-refractivity contribution >= 4 is 11.3 Å². The highest BCUT2D eigenvalue weighted by Gasteiger charge is 2.06. The van der Waals surface area contributed by atoms with Crippen molar-refractivity contribution in [2.24, 2.45) is 0 Å². The summed E-state index contributed by atoms with van der Waals surface area (Å²) in [7, 11) is 0. The Kier molecular flexibility index (Phi) is 2.93. The molecule has 0 amide bonds. The van der Waals surface area contributed by atoms with Crippen LogP contribution in [0, 0.1) is 0 Å². The molecular weight excluding hydrogens is 216 g/mol. The predicted molar refractivity (Wildman–Crippen MR) is 53.8 cm³/mol. The molecule has 0 aliphatic carbocycles. The Hall–Kier alpha value is -1.47. The number of hydrogen-bond acceptors (Lipinski definition) is 6. The van der Waals surface area contributed by atoms with Crippen molar-refractivity contribution in [3.05, 3.63) is 17.4 Å². The van der Waals surface area contributed by atoms with Gasteiger partial charge in [0, 0.05) is 6.54 Å². The van der Waals surface area contributed by atoms with E-state index in [1.165, 1.54) is 11.3 Å². The molecule has 0 saturated heterocycles. The number of aryl methyl sites for hydroxylation is 1. The van der Waals surface area contributed by atoms with Gasteiger partial charge < -0.3 is 9.84 Å². The minimum absolute atomic E-state index is 0.116. The van der Waals surface area contributed by atoms with E-state index in [0.717, 1.165) is 6.54 Å². The summed E-state index contributed by atoms with van der Waals surface area (Å²) in [6.07, 6.45) is 3.39. The third kappa shape index (κ3) is 2.31. The van der Waals surface area contributed by atoms with Crippen LogP contribution in [0.2, 0.25) is 0 Å². The molecule has 0 aliphatic heterocycles. The Bertz CT molecular complexity index is 399. The van der Waals surface area contributed by atoms with Crippen molar-refractivity contribution in [3.8, 4) is 10.9 Å². The van der Waals surface area contributed by atoms with E-state index < -0.39 is 0 Å². The van der Waals surface area contributed by atoms with Crippen molar-refractivity contribution in [2.45, 2.75) is 20.1 Å². The molecular formula is C8H10N4O2S. The molecule has 0 spiro atoms. The van der Waals surface area contributed by atoms with Crippen LogP contribution >= 0.6 is 11.3 Å². The van der Waals surface area contributed by atoms with E-state index in [2.05, 4.69) is 15.3 Å². The van der Waals surface area contributed by atoms with Crippen LogP contribution in [0.5, 0.6) is 10.9 Å². The van der Waals surface area contributed by atoms with Gasteiger partial charge in [0.1, 0.15) is 5.01 Å². The first-order chi connectivity index (χ1) is 7.31. The smallest absolute Gasteiger partial charge is 0.299 e. The molecule has 1 N–H and O–H groups in total. The highest BCUT2D eigenvalue weighted by atomic mass is 32.1. The fourth-order valence-corrected chi connectivity index (χ4v) is 1.58. The third-order valence-electron chi connectivity index (χ3n) is 1.72. The van der Waals surface area contributed by atoms with Gasteiger partial charge in [-0.05, 0) is 6.92 Å². The molecule has 15 heavy (non-hydrogen) atoms. The maximum Gasteiger partial charge on any atom is 0.299 e. The molecule has 7 heteroatoms. The van der Waals surface area contributed by atoms with Crippen LogP contribution < -0.4 is 4.74 Å². The lowest BCUT2D eigenvalue weighted by molar-refractivity contribution is 0.280. The van der Waals surface area contributed by atoms with Crippen LogP contribution in [0.25, 0.3) is 0 Å². The molecule has 2 heterocycles. The lowest BCUT2D eigenvalue weighted by atomic mass is 10.6. The molecule has 0 aromatic carbocycles. The number of aromatic nitrogens is 4. The molecule has 0 unspecified atom stereocenters. The number of rotatable bonds is 4. The van der Waals surface area contributed by atoms with Crippen LogP contribution in [0.4, 0.5) is 0 Å². The second kappa shape index (κ2) is 4.37. The highest BCUT2D eigenvalue weighted by molar-refractivity contribution is 7.13. The minimum Gasteiger partial charge on any atom is -0.426 e. The van der Waals surface area contributed by atoms with Gasteiger partial charge in [-0.25, -0.2) is 0 Å². The number of hydrogen-bond donors (Lipinski definition) is 1. The monoisotopic (exact) mass is 226 g/mol. The van der Waals surface area contributed by atoms with Gasteiger partial charge in [-0.2, -0.15) is 5.10 Å². The largest absolute Gasteiger partial charge is 0.426 e. The number of nitrogens with zero attached hydrogens (tertiary/aromatic N) is 4. The van der Waals surface area contributed by atoms with Crippen LogP contribution in [0.15, 0.2) is 12.4 Å². The van der Waals surface area contributed by atoms with Gasteiger partial charge in [0.2, 0.25) is 0 Å². The van der Waals surface area contributed by atoms with Gasteiger partial charge in [-0.15, -0.1) is 5.10 Å². The lowest BCUT2D eigenvalue weighted by Gasteiger charge is -1.94. The van der Waals surface area contributed by atoms with Crippen LogP contribution in [-0.2, 0) is 13.2 Å². The molecule has 2 rings (SSSR count). The molecule has 6 nitrogen and oxygen atoms in total. The molecule has 0 fully saturated rings. The van der Waals surface area contributed by atoms with Crippen molar-refractivity contribution in [3.63, 3.8) is 0 Å². The normalized spacial score (nSPS) is 10.5. The van der Waals surface area contributed by atoms with Gasteiger partial charge in [-0.3, -0.25) is 4.68 Å². The molecule has 80 valence electrons. The zero-order valence-corrected chi connectivity index (χ0v) is 8.94. The Morgan fingerprint density at radius 3 is 3.00 bits per heavy atom. The van der Waals surface area contributed by atoms with Crippen molar-refractivity contribution in [2.75, 3.05) is 0 Å². The van der Waals surface area contributed by atoms with Crippen LogP contribution in [0.3, 0.4) is 0 Å². The summed E-state index contributed by atoms with van der Waals surface area (Å²) in [5.74, 6) is 0.623. The minimum atomic E-state index is -0.116. The first-order valence-electron chi connectivity index (χ1n) is 4.45. The molecule has 2 aromatic heterocycles. The quantitative estimate of drug-likeness (QED) is 0.843. The summed E-state index contributed by atoms with van der Waals surface area (Å²) in [5, 5.41) is 21.3. The number of aliphatic hydroxyl groups excluding tert-OH is 1. The van der Waals surface area contributed by atoms with Gasteiger partial charge in [0.25, 0.3) is 5.19 Å². The van der Waals surface area contributed by atoms with Gasteiger partial charge in [0.05, 0.1) is 19.0 Å². The first-order valence-corrected chi connectivity index (χ1v) is 5.27. The molecule has 0 atom stereocenters. The van der Waals surface area contributed by atoms with E-state index in [0.29, 0.717) is 16.0 Å². The predicted octanol–water partition coefficient (Wildman–Crippen LogP) is 1.04. The van der Waals surface area contributed by atoms with E-state index in [1.54, 1.807) is 17.1 Å². The van der Waals surface area contributed by atoms with E-state index in [4.69, 9.17) is 9.84 Å². The summed E-state index contributed by atoms with van der Waals surface area (Å²) >= 11 is 1.21. The fourth-order valence-electron chi connectivity index (χ4n) is 1.01. The molecule has 0 bridgehead atoms. The standard InChI is InChI=1S/C8H10N4O2S/c1-2-12-4-6(3-9-12)14-8-11-10-7(5-13)15-8/h3-4,13H,2,5H2,1H3. The average Bonchev–Trinajstić information content (AvgIpc) is 2.87. The molecule has 0 aliphatic rings. The zero-order chi connectivity index (χ0) is 10.7. The van der Waals surface area contributed by atoms with Gasteiger partial charge in [-0.1, -0.05) is 16.4 Å². The fraction of sp³-hybridized carbons (Fsp3) is 0.375. The van der Waals surface area contributed by atoms with Gasteiger partial charge in [0.15, 0.2) is 5.75 Å². The Labute approximate surface area is 90.1 Å². The highest BCUT2D eigenvalue weighted by Crippen LogP contribution is 2.24. The Morgan fingerprint density at radius 2 is 2.40 bits per heavy atom.